The highest BCUT2D eigenvalue weighted by atomic mass is 31.1. The largest absolute Gasteiger partial charge is 0.462 e. The Hall–Kier alpha value is -2.04. The van der Waals surface area contributed by atoms with Crippen LogP contribution in [0.4, 0.5) is 0 Å². The molecule has 0 aromatic heterocycles. The SMILES string of the molecule is CC1(C)[C@H]2CC[C@]1(C)C(OC(=O)CCP(CCC(=O)O[C@@H]1C[C@@H]3CC[C@@]1(C)C3(C)C)c1ccccc1P(CCC(=O)O[C@@H]1C[C@@H]3CC[C@@]1(C)C3(C)C)CCC(=O)O[C@@H]1C[C@@H]3CC[C@@]1(C)C3(C)C)C2. The van der Waals surface area contributed by atoms with Crippen LogP contribution in [-0.2, 0) is 38.1 Å². The van der Waals surface area contributed by atoms with E-state index in [1.54, 1.807) is 0 Å². The lowest BCUT2D eigenvalue weighted by molar-refractivity contribution is -0.157. The van der Waals surface area contributed by atoms with Gasteiger partial charge >= 0.3 is 23.9 Å². The maximum Gasteiger partial charge on any atom is 0.306 e. The number of fused-ring (bicyclic) bond motifs is 8. The lowest BCUT2D eigenvalue weighted by atomic mass is 9.70. The van der Waals surface area contributed by atoms with Gasteiger partial charge in [0.15, 0.2) is 0 Å². The van der Waals surface area contributed by atoms with Gasteiger partial charge in [-0.1, -0.05) is 123 Å². The number of rotatable bonds is 18. The number of carbonyl (C=O) groups excluding carboxylic acids is 4. The van der Waals surface area contributed by atoms with E-state index in [0.717, 1.165) is 51.4 Å². The molecule has 13 atom stereocenters. The van der Waals surface area contributed by atoms with Gasteiger partial charge in [-0.05, 0) is 158 Å². The topological polar surface area (TPSA) is 105 Å². The lowest BCUT2D eigenvalue weighted by Crippen LogP contribution is -2.38. The van der Waals surface area contributed by atoms with Gasteiger partial charge in [0.05, 0.1) is 0 Å². The molecule has 8 aliphatic rings. The van der Waals surface area contributed by atoms with Crippen LogP contribution in [0.3, 0.4) is 0 Å². The maximum atomic E-state index is 14.0. The van der Waals surface area contributed by atoms with Crippen molar-refractivity contribution in [3.8, 4) is 0 Å². The molecule has 10 heteroatoms. The van der Waals surface area contributed by atoms with Crippen molar-refractivity contribution >= 4 is 50.3 Å². The van der Waals surface area contributed by atoms with Crippen molar-refractivity contribution < 1.29 is 38.1 Å². The first-order valence-corrected chi connectivity index (χ1v) is 30.6. The predicted molar refractivity (Wildman–Crippen MR) is 274 cm³/mol. The molecule has 0 saturated heterocycles. The fraction of sp³-hybridized carbons (Fsp3) is 0.828. The standard InChI is InChI=1S/C58H88O8P2/c1-51(2)37-17-25-55(51,9)43(33-37)63-47(59)21-29-67(30-22-48(60)64-44-34-38-18-26-56(44,10)52(38,3)4)41-15-13-14-16-42(41)68(31-23-49(61)65-45-35-39-19-27-57(45,11)53(39,5)6)32-24-50(62)66-46-36-40-20-28-58(46,12)54(40,7)8/h13-16,37-40,43-46H,17-36H2,1-12H3/t37-,38-,39-,40-,43+,44+,45+,46?,55+,56+,57+,58+,68?/m0/s1. The summed E-state index contributed by atoms with van der Waals surface area (Å²) in [4.78, 5) is 55.9. The molecule has 9 rings (SSSR count). The van der Waals surface area contributed by atoms with Gasteiger partial charge in [-0.2, -0.15) is 0 Å². The van der Waals surface area contributed by atoms with E-state index in [4.69, 9.17) is 18.9 Å². The van der Waals surface area contributed by atoms with E-state index < -0.39 is 15.8 Å². The third-order valence-electron chi connectivity index (χ3n) is 23.9. The first kappa shape index (κ1) is 50.9. The van der Waals surface area contributed by atoms with Crippen LogP contribution in [0.1, 0.15) is 186 Å². The molecule has 8 aliphatic carbocycles. The Kier molecular flexibility index (Phi) is 13.4. The Morgan fingerprint density at radius 2 is 0.632 bits per heavy atom. The molecule has 0 heterocycles. The molecule has 2 unspecified atom stereocenters. The van der Waals surface area contributed by atoms with E-state index in [0.29, 0.717) is 48.3 Å². The van der Waals surface area contributed by atoms with Gasteiger partial charge in [-0.25, -0.2) is 0 Å². The van der Waals surface area contributed by atoms with E-state index >= 15 is 0 Å². The molecule has 378 valence electrons. The Balaban J connectivity index is 0.938. The number of ether oxygens (including phenoxy) is 4. The molecule has 0 N–H and O–H groups in total. The average molecular weight is 975 g/mol. The third-order valence-corrected chi connectivity index (χ3v) is 29.2. The molecule has 8 saturated carbocycles. The van der Waals surface area contributed by atoms with Gasteiger partial charge in [0.25, 0.3) is 0 Å². The zero-order chi connectivity index (χ0) is 49.0. The van der Waals surface area contributed by atoms with Crippen LogP contribution in [-0.4, -0.2) is 72.9 Å². The van der Waals surface area contributed by atoms with E-state index in [9.17, 15) is 19.2 Å². The summed E-state index contributed by atoms with van der Waals surface area (Å²) >= 11 is 0. The van der Waals surface area contributed by atoms with Gasteiger partial charge < -0.3 is 18.9 Å². The van der Waals surface area contributed by atoms with Gasteiger partial charge in [0.1, 0.15) is 24.4 Å². The van der Waals surface area contributed by atoms with Crippen molar-refractivity contribution in [2.24, 2.45) is 67.0 Å². The Morgan fingerprint density at radius 3 is 0.809 bits per heavy atom. The minimum absolute atomic E-state index is 0.0199. The van der Waals surface area contributed by atoms with Crippen LogP contribution >= 0.6 is 15.8 Å². The zero-order valence-corrected chi connectivity index (χ0v) is 46.0. The van der Waals surface area contributed by atoms with Gasteiger partial charge in [0.2, 0.25) is 0 Å². The van der Waals surface area contributed by atoms with Gasteiger partial charge in [0, 0.05) is 47.3 Å². The predicted octanol–water partition coefficient (Wildman–Crippen LogP) is 12.5. The Bertz CT molecular complexity index is 1860. The van der Waals surface area contributed by atoms with E-state index in [1.165, 1.54) is 36.3 Å². The smallest absolute Gasteiger partial charge is 0.306 e. The molecule has 0 amide bonds. The van der Waals surface area contributed by atoms with E-state index in [-0.39, 0.29) is 117 Å². The molecule has 8 bridgehead atoms. The number of hydrogen-bond acceptors (Lipinski definition) is 8. The molecular formula is C58H88O8P2. The summed E-state index contributed by atoms with van der Waals surface area (Å²) in [6.07, 6.45) is 16.2. The second-order valence-electron chi connectivity index (χ2n) is 26.8. The first-order chi connectivity index (χ1) is 31.8. The monoisotopic (exact) mass is 975 g/mol. The van der Waals surface area contributed by atoms with Crippen molar-refractivity contribution in [1.29, 1.82) is 0 Å². The minimum atomic E-state index is -1.02. The molecule has 0 spiro atoms. The van der Waals surface area contributed by atoms with E-state index in [2.05, 4.69) is 107 Å². The van der Waals surface area contributed by atoms with Crippen LogP contribution in [0.15, 0.2) is 24.3 Å². The first-order valence-electron chi connectivity index (χ1n) is 27.2. The highest BCUT2D eigenvalue weighted by Crippen LogP contribution is 2.69. The number of hydrogen-bond donors (Lipinski definition) is 0. The fourth-order valence-electron chi connectivity index (χ4n) is 16.7. The quantitative estimate of drug-likeness (QED) is 0.0814. The molecule has 1 aromatic carbocycles. The summed E-state index contributed by atoms with van der Waals surface area (Å²) < 4.78 is 25.7. The van der Waals surface area contributed by atoms with Gasteiger partial charge in [-0.3, -0.25) is 19.2 Å². The number of carbonyl (C=O) groups is 4. The van der Waals surface area contributed by atoms with E-state index in [1.807, 2.05) is 0 Å². The second-order valence-corrected chi connectivity index (χ2v) is 31.7. The summed E-state index contributed by atoms with van der Waals surface area (Å²) in [5.74, 6) is 1.71. The highest BCUT2D eigenvalue weighted by Gasteiger charge is 2.66. The summed E-state index contributed by atoms with van der Waals surface area (Å²) in [6, 6.07) is 8.54. The van der Waals surface area contributed by atoms with Crippen LogP contribution in [0, 0.1) is 67.0 Å². The van der Waals surface area contributed by atoms with Gasteiger partial charge in [-0.15, -0.1) is 0 Å². The molecule has 68 heavy (non-hydrogen) atoms. The van der Waals surface area contributed by atoms with Crippen LogP contribution < -0.4 is 10.6 Å². The summed E-state index contributed by atoms with van der Waals surface area (Å²) in [5, 5.41) is 2.34. The molecular weight excluding hydrogens is 887 g/mol. The van der Waals surface area contributed by atoms with Crippen LogP contribution in [0.2, 0.25) is 0 Å². The minimum Gasteiger partial charge on any atom is -0.462 e. The second kappa shape index (κ2) is 17.9. The normalized spacial score (nSPS) is 39.7. The zero-order valence-electron chi connectivity index (χ0n) is 44.2. The number of esters is 4. The van der Waals surface area contributed by atoms with Crippen molar-refractivity contribution in [2.45, 2.75) is 210 Å². The molecule has 8 fully saturated rings. The maximum absolute atomic E-state index is 14.0. The highest BCUT2D eigenvalue weighted by molar-refractivity contribution is 7.72. The fourth-order valence-corrected chi connectivity index (χ4v) is 22.2. The van der Waals surface area contributed by atoms with Crippen molar-refractivity contribution in [2.75, 3.05) is 24.6 Å². The van der Waals surface area contributed by atoms with Crippen molar-refractivity contribution in [1.82, 2.24) is 0 Å². The lowest BCUT2D eigenvalue weighted by Gasteiger charge is -2.38. The van der Waals surface area contributed by atoms with Crippen molar-refractivity contribution in [3.05, 3.63) is 24.3 Å². The summed E-state index contributed by atoms with van der Waals surface area (Å²) in [6.45, 7) is 28.1. The molecule has 0 radical (unpaired) electrons. The van der Waals surface area contributed by atoms with Crippen molar-refractivity contribution in [3.63, 3.8) is 0 Å². The Morgan fingerprint density at radius 1 is 0.412 bits per heavy atom. The van der Waals surface area contributed by atoms with Crippen LogP contribution in [0.25, 0.3) is 0 Å². The molecule has 1 aromatic rings. The average Bonchev–Trinajstić information content (AvgIpc) is 4.01. The Labute approximate surface area is 412 Å². The summed E-state index contributed by atoms with van der Waals surface area (Å²) in [5.41, 5.74) is 0.482. The third kappa shape index (κ3) is 8.10. The molecule has 0 aliphatic heterocycles. The molecule has 8 nitrogen and oxygen atoms in total. The van der Waals surface area contributed by atoms with Crippen LogP contribution in [0.5, 0.6) is 0 Å². The summed E-state index contributed by atoms with van der Waals surface area (Å²) in [7, 11) is -2.04. The number of benzene rings is 1.